The van der Waals surface area contributed by atoms with Gasteiger partial charge in [0.05, 0.1) is 5.41 Å². The van der Waals surface area contributed by atoms with Gasteiger partial charge in [0, 0.05) is 37.2 Å². The number of benzene rings is 8. The quantitative estimate of drug-likeness (QED) is 0.166. The monoisotopic (exact) mass is 715 g/mol. The standard InChI is InChI=1S/C53H33NS/c1-3-13-39(14-4-1)53(48-20-10-7-17-45(48)46-18-8-11-21-49(46)53)40-27-31-43(32-28-40)54(41-15-5-2-6-16-41)42-29-23-36(24-30-42)37-25-33-44-38(35-37)26-34-51-52(44)47-19-9-12-22-50(47)55-51/h2-3,5-35H. The largest absolute Gasteiger partial charge is 0.311 e. The van der Waals surface area contributed by atoms with Crippen molar-refractivity contribution in [1.82, 2.24) is 0 Å². The van der Waals surface area contributed by atoms with Crippen LogP contribution in [0.15, 0.2) is 200 Å². The average molecular weight is 716 g/mol. The molecule has 0 spiro atoms. The van der Waals surface area contributed by atoms with Crippen LogP contribution in [0.2, 0.25) is 0 Å². The third-order valence-corrected chi connectivity index (χ3v) is 12.6. The molecule has 1 heterocycles. The molecule has 0 amide bonds. The van der Waals surface area contributed by atoms with E-state index in [-0.39, 0.29) is 0 Å². The summed E-state index contributed by atoms with van der Waals surface area (Å²) in [4.78, 5) is 2.35. The van der Waals surface area contributed by atoms with Crippen molar-refractivity contribution in [3.8, 4) is 22.3 Å². The maximum atomic E-state index is 3.27. The van der Waals surface area contributed by atoms with E-state index in [9.17, 15) is 0 Å². The zero-order chi connectivity index (χ0) is 36.3. The number of anilines is 3. The first-order chi connectivity index (χ1) is 27.3. The van der Waals surface area contributed by atoms with Gasteiger partial charge in [0.1, 0.15) is 0 Å². The van der Waals surface area contributed by atoms with E-state index in [1.54, 1.807) is 0 Å². The van der Waals surface area contributed by atoms with E-state index in [4.69, 9.17) is 0 Å². The Hall–Kier alpha value is -6.92. The normalized spacial score (nSPS) is 12.7. The fraction of sp³-hybridized carbons (Fsp3) is 0.0189. The van der Waals surface area contributed by atoms with Gasteiger partial charge in [-0.1, -0.05) is 140 Å². The maximum absolute atomic E-state index is 3.27. The zero-order valence-corrected chi connectivity index (χ0v) is 30.7. The summed E-state index contributed by atoms with van der Waals surface area (Å²) in [5, 5.41) is 5.27. The van der Waals surface area contributed by atoms with Crippen LogP contribution in [-0.2, 0) is 5.41 Å². The Morgan fingerprint density at radius 3 is 1.80 bits per heavy atom. The second-order valence-electron chi connectivity index (χ2n) is 14.3. The molecule has 2 heteroatoms. The van der Waals surface area contributed by atoms with Crippen molar-refractivity contribution in [3.63, 3.8) is 0 Å². The summed E-state index contributed by atoms with van der Waals surface area (Å²) in [6, 6.07) is 79.4. The Kier molecular flexibility index (Phi) is 7.24. The van der Waals surface area contributed by atoms with Gasteiger partial charge in [0.2, 0.25) is 0 Å². The molecule has 55 heavy (non-hydrogen) atoms. The number of nitrogens with zero attached hydrogens (tertiary/aromatic N) is 1. The molecule has 0 aliphatic heterocycles. The minimum atomic E-state index is -0.474. The van der Waals surface area contributed by atoms with Gasteiger partial charge in [0.15, 0.2) is 0 Å². The van der Waals surface area contributed by atoms with Crippen molar-refractivity contribution in [3.05, 3.63) is 235 Å². The molecule has 256 valence electrons. The lowest BCUT2D eigenvalue weighted by molar-refractivity contribution is 0.769. The third kappa shape index (κ3) is 4.88. The van der Waals surface area contributed by atoms with Crippen molar-refractivity contribution in [2.75, 3.05) is 4.90 Å². The van der Waals surface area contributed by atoms with Gasteiger partial charge in [-0.25, -0.2) is 0 Å². The molecule has 9 aromatic carbocycles. The minimum absolute atomic E-state index is 0.474. The lowest BCUT2D eigenvalue weighted by Gasteiger charge is -2.34. The molecule has 10 aromatic rings. The van der Waals surface area contributed by atoms with Crippen LogP contribution in [0, 0.1) is 12.1 Å². The van der Waals surface area contributed by atoms with Gasteiger partial charge >= 0.3 is 0 Å². The van der Waals surface area contributed by atoms with Crippen LogP contribution in [0.5, 0.6) is 0 Å². The Morgan fingerprint density at radius 2 is 1.07 bits per heavy atom. The summed E-state index contributed by atoms with van der Waals surface area (Å²) in [6.45, 7) is 0. The van der Waals surface area contributed by atoms with Crippen LogP contribution in [-0.4, -0.2) is 0 Å². The molecule has 0 unspecified atom stereocenters. The Bertz CT molecular complexity index is 2970. The van der Waals surface area contributed by atoms with Crippen molar-refractivity contribution in [1.29, 1.82) is 0 Å². The molecular weight excluding hydrogens is 683 g/mol. The molecule has 11 rings (SSSR count). The summed E-state index contributed by atoms with van der Waals surface area (Å²) < 4.78 is 2.68. The predicted molar refractivity (Wildman–Crippen MR) is 232 cm³/mol. The lowest BCUT2D eigenvalue weighted by atomic mass is 9.68. The molecule has 1 aromatic heterocycles. The van der Waals surface area contributed by atoms with Gasteiger partial charge in [-0.3, -0.25) is 0 Å². The Morgan fingerprint density at radius 1 is 0.436 bits per heavy atom. The molecule has 1 aliphatic carbocycles. The van der Waals surface area contributed by atoms with E-state index in [1.165, 1.54) is 75.5 Å². The van der Waals surface area contributed by atoms with E-state index in [0.717, 1.165) is 17.1 Å². The molecule has 1 aliphatic rings. The highest BCUT2D eigenvalue weighted by Crippen LogP contribution is 2.56. The number of rotatable bonds is 6. The van der Waals surface area contributed by atoms with Crippen LogP contribution in [0.25, 0.3) is 53.2 Å². The van der Waals surface area contributed by atoms with E-state index in [1.807, 2.05) is 17.4 Å². The van der Waals surface area contributed by atoms with Crippen LogP contribution in [0.3, 0.4) is 0 Å². The number of hydrogen-bond acceptors (Lipinski definition) is 2. The van der Waals surface area contributed by atoms with Crippen LogP contribution < -0.4 is 4.90 Å². The van der Waals surface area contributed by atoms with Gasteiger partial charge in [-0.05, 0) is 128 Å². The van der Waals surface area contributed by atoms with Gasteiger partial charge < -0.3 is 4.90 Å². The highest BCUT2D eigenvalue weighted by atomic mass is 32.1. The van der Waals surface area contributed by atoms with Crippen molar-refractivity contribution in [2.24, 2.45) is 0 Å². The second-order valence-corrected chi connectivity index (χ2v) is 15.4. The first-order valence-corrected chi connectivity index (χ1v) is 19.6. The molecule has 0 bridgehead atoms. The molecule has 0 saturated heterocycles. The van der Waals surface area contributed by atoms with Crippen LogP contribution in [0.4, 0.5) is 17.1 Å². The van der Waals surface area contributed by atoms with E-state index in [2.05, 4.69) is 211 Å². The fourth-order valence-electron chi connectivity index (χ4n) is 9.02. The molecule has 0 atom stereocenters. The molecule has 0 fully saturated rings. The fourth-order valence-corrected chi connectivity index (χ4v) is 10.1. The molecule has 0 radical (unpaired) electrons. The first-order valence-electron chi connectivity index (χ1n) is 18.8. The topological polar surface area (TPSA) is 3.24 Å². The Balaban J connectivity index is 0.996. The molecule has 1 nitrogen and oxygen atoms in total. The Labute approximate surface area is 325 Å². The number of para-hydroxylation sites is 1. The number of hydrogen-bond donors (Lipinski definition) is 0. The first kappa shape index (κ1) is 31.6. The van der Waals surface area contributed by atoms with Gasteiger partial charge in [-0.15, -0.1) is 11.3 Å². The predicted octanol–water partition coefficient (Wildman–Crippen LogP) is 14.3. The summed E-state index contributed by atoms with van der Waals surface area (Å²) in [5.74, 6) is 0. The summed E-state index contributed by atoms with van der Waals surface area (Å²) >= 11 is 1.87. The van der Waals surface area contributed by atoms with Crippen molar-refractivity contribution < 1.29 is 0 Å². The molecule has 0 saturated carbocycles. The van der Waals surface area contributed by atoms with Crippen molar-refractivity contribution >= 4 is 59.3 Å². The van der Waals surface area contributed by atoms with Gasteiger partial charge in [0.25, 0.3) is 0 Å². The second kappa shape index (κ2) is 12.6. The summed E-state index contributed by atoms with van der Waals surface area (Å²) in [7, 11) is 0. The maximum Gasteiger partial charge on any atom is 0.0719 e. The number of fused-ring (bicyclic) bond motifs is 8. The highest BCUT2D eigenvalue weighted by molar-refractivity contribution is 7.26. The average Bonchev–Trinajstić information content (AvgIpc) is 3.79. The third-order valence-electron chi connectivity index (χ3n) is 11.4. The van der Waals surface area contributed by atoms with Crippen LogP contribution in [0.1, 0.15) is 22.3 Å². The lowest BCUT2D eigenvalue weighted by Crippen LogP contribution is -2.28. The van der Waals surface area contributed by atoms with Crippen LogP contribution >= 0.6 is 11.3 Å². The van der Waals surface area contributed by atoms with E-state index < -0.39 is 5.41 Å². The molecule has 0 N–H and O–H groups in total. The zero-order valence-electron chi connectivity index (χ0n) is 29.9. The van der Waals surface area contributed by atoms with E-state index >= 15 is 0 Å². The molecular formula is C53H33NS. The SMILES string of the molecule is c1ccc(C2(c3ccc(N(c4ccccc4)c4ccc(-c5ccc6c(ccc7sc8ccccc8c76)c5)cc4)cc3)c3ccccc3-c3ccccc32)cc#1. The summed E-state index contributed by atoms with van der Waals surface area (Å²) in [6.07, 6.45) is 0. The van der Waals surface area contributed by atoms with Crippen molar-refractivity contribution in [2.45, 2.75) is 5.41 Å². The number of thiophene rings is 1. The van der Waals surface area contributed by atoms with Gasteiger partial charge in [-0.2, -0.15) is 0 Å². The minimum Gasteiger partial charge on any atom is -0.311 e. The summed E-state index contributed by atoms with van der Waals surface area (Å²) in [5.41, 5.74) is 12.8. The van der Waals surface area contributed by atoms with E-state index in [0.29, 0.717) is 0 Å². The smallest absolute Gasteiger partial charge is 0.0719 e. The highest BCUT2D eigenvalue weighted by Gasteiger charge is 2.45.